The van der Waals surface area contributed by atoms with Crippen LogP contribution in [0.5, 0.6) is 0 Å². The van der Waals surface area contributed by atoms with Crippen molar-refractivity contribution in [3.05, 3.63) is 28.4 Å². The van der Waals surface area contributed by atoms with Gasteiger partial charge in [0.25, 0.3) is 0 Å². The number of hydrogen-bond donors (Lipinski definition) is 4. The molecule has 0 aliphatic carbocycles. The molecule has 0 fully saturated rings. The van der Waals surface area contributed by atoms with Crippen LogP contribution < -0.4 is 21.3 Å². The number of aromatic nitrogens is 8. The molecule has 25 heteroatoms. The summed E-state index contributed by atoms with van der Waals surface area (Å²) in [5, 5.41) is 13.1. The van der Waals surface area contributed by atoms with Crippen LogP contribution in [0, 0.1) is 0 Å². The number of hydrogen-bond acceptors (Lipinski definition) is 16. The molecule has 0 aliphatic heterocycles. The van der Waals surface area contributed by atoms with Gasteiger partial charge in [-0.2, -0.15) is 15.0 Å². The number of aryl methyl sites for hydroxylation is 2. The summed E-state index contributed by atoms with van der Waals surface area (Å²) in [5.41, 5.74) is 7.38. The molecular weight excluding hydrogens is 1040 g/mol. The first-order chi connectivity index (χ1) is 35.0. The van der Waals surface area contributed by atoms with Crippen LogP contribution in [-0.2, 0) is 52.2 Å². The van der Waals surface area contributed by atoms with E-state index < -0.39 is 20.0 Å². The molecule has 73 heavy (non-hydrogen) atoms. The maximum Gasteiger partial charge on any atom is 0.305 e. The van der Waals surface area contributed by atoms with Crippen molar-refractivity contribution in [2.75, 3.05) is 44.1 Å². The number of ether oxygens (including phenoxy) is 2. The van der Waals surface area contributed by atoms with E-state index in [4.69, 9.17) is 45.7 Å². The number of unbranched alkanes of at least 4 members (excludes halogenated alkanes) is 24. The smallest absolute Gasteiger partial charge is 0.305 e. The predicted molar refractivity (Wildman–Crippen MR) is 292 cm³/mol. The number of sulfonamides is 2. The molecule has 7 N–H and O–H groups in total. The number of anilines is 1. The van der Waals surface area contributed by atoms with E-state index >= 15 is 0 Å². The van der Waals surface area contributed by atoms with E-state index in [1.165, 1.54) is 136 Å². The summed E-state index contributed by atoms with van der Waals surface area (Å²) >= 11 is 18.0. The molecule has 0 saturated carbocycles. The van der Waals surface area contributed by atoms with Crippen LogP contribution in [0.2, 0.25) is 15.7 Å². The zero-order valence-corrected chi connectivity index (χ0v) is 47.1. The molecule has 0 aliphatic rings. The van der Waals surface area contributed by atoms with E-state index in [2.05, 4.69) is 49.8 Å². The zero-order valence-electron chi connectivity index (χ0n) is 43.2. The van der Waals surface area contributed by atoms with E-state index in [-0.39, 0.29) is 47.1 Å². The summed E-state index contributed by atoms with van der Waals surface area (Å²) in [5.74, 6) is -0.127. The number of carbonyl (C=O) groups is 2. The number of methoxy groups -OCH3 is 2. The molecule has 0 saturated heterocycles. The zero-order chi connectivity index (χ0) is 53.7. The number of halogens is 3. The molecule has 0 spiro atoms. The van der Waals surface area contributed by atoms with Crippen molar-refractivity contribution < 1.29 is 35.9 Å². The van der Waals surface area contributed by atoms with Crippen LogP contribution in [0.4, 0.5) is 5.82 Å². The Morgan fingerprint density at radius 2 is 0.863 bits per heavy atom. The van der Waals surface area contributed by atoms with Crippen LogP contribution in [0.15, 0.2) is 12.7 Å². The fraction of sp³-hybridized carbons (Fsp3) is 0.750. The first-order valence-corrected chi connectivity index (χ1v) is 30.5. The number of nitrogens with zero attached hydrogens (tertiary/aromatic N) is 8. The number of esters is 2. The predicted octanol–water partition coefficient (Wildman–Crippen LogP) is 9.82. The van der Waals surface area contributed by atoms with Crippen molar-refractivity contribution in [2.24, 2.45) is 16.0 Å². The minimum atomic E-state index is -3.56. The number of nitrogens with two attached hydrogens (primary N) is 3. The lowest BCUT2D eigenvalue weighted by Crippen LogP contribution is -2.22. The van der Waals surface area contributed by atoms with E-state index in [9.17, 15) is 26.4 Å². The normalized spacial score (nSPS) is 11.6. The van der Waals surface area contributed by atoms with Crippen molar-refractivity contribution in [3.8, 4) is 0 Å². The Balaban J connectivity index is 0.000000447. The molecule has 20 nitrogen and oxygen atoms in total. The van der Waals surface area contributed by atoms with E-state index in [1.807, 2.05) is 9.13 Å². The number of imidazole rings is 2. The Morgan fingerprint density at radius 1 is 0.521 bits per heavy atom. The molecule has 0 atom stereocenters. The van der Waals surface area contributed by atoms with Crippen LogP contribution >= 0.6 is 34.8 Å². The first kappa shape index (κ1) is 65.6. The fourth-order valence-electron chi connectivity index (χ4n) is 7.93. The standard InChI is InChI=1S/C24H41ClN6O4S.C22H34Cl2N4O2.C2H8N2O2S/c1-35-20(32)15-13-11-9-7-5-3-2-4-6-8-10-12-14-17-31-19-28-21-22(27-16-18-36(26,33)34)29-24(25)30-23(21)31;1-30-18(29)15-13-11-9-7-5-3-2-4-6-8-10-12-14-16-28-17-25-19-20(23)26-22(24)27-21(19)28;3-1-2-7(4,5)6/h19H,2-18H2,1H3,(H2,26,33,34)(H,27,29,30);17H,2-16H2,1H3;1-3H2,(H2,4,5,6). The Morgan fingerprint density at radius 3 is 1.22 bits per heavy atom. The van der Waals surface area contributed by atoms with Gasteiger partial charge in [0.15, 0.2) is 27.8 Å². The van der Waals surface area contributed by atoms with Gasteiger partial charge < -0.3 is 29.7 Å². The van der Waals surface area contributed by atoms with Gasteiger partial charge in [0.05, 0.1) is 38.4 Å². The second-order valence-corrected chi connectivity index (χ2v) is 22.6. The van der Waals surface area contributed by atoms with Gasteiger partial charge in [-0.25, -0.2) is 42.1 Å². The lowest BCUT2D eigenvalue weighted by atomic mass is 10.0. The van der Waals surface area contributed by atoms with Crippen LogP contribution in [0.1, 0.15) is 180 Å². The molecule has 4 rings (SSSR count). The largest absolute Gasteiger partial charge is 0.469 e. The van der Waals surface area contributed by atoms with Gasteiger partial charge >= 0.3 is 11.9 Å². The molecule has 416 valence electrons. The lowest BCUT2D eigenvalue weighted by molar-refractivity contribution is -0.141. The highest BCUT2D eigenvalue weighted by Gasteiger charge is 2.14. The quantitative estimate of drug-likeness (QED) is 0.0140. The Hall–Kier alpha value is -3.51. The summed E-state index contributed by atoms with van der Waals surface area (Å²) in [6, 6.07) is 0. The molecule has 4 aromatic rings. The molecule has 0 unspecified atom stereocenters. The number of fused-ring (bicyclic) bond motifs is 2. The van der Waals surface area contributed by atoms with Gasteiger partial charge in [0.1, 0.15) is 5.52 Å². The Kier molecular flexibility index (Phi) is 35.0. The first-order valence-electron chi connectivity index (χ1n) is 26.0. The summed E-state index contributed by atoms with van der Waals surface area (Å²) < 4.78 is 55.4. The maximum atomic E-state index is 11.1. The average molecular weight is 1130 g/mol. The summed E-state index contributed by atoms with van der Waals surface area (Å²) in [6.07, 6.45) is 36.3. The minimum absolute atomic E-state index is 0.0842. The highest BCUT2D eigenvalue weighted by molar-refractivity contribution is 7.89. The second-order valence-electron chi connectivity index (χ2n) is 18.1. The van der Waals surface area contributed by atoms with Crippen molar-refractivity contribution in [1.82, 2.24) is 39.0 Å². The molecule has 4 heterocycles. The second kappa shape index (κ2) is 39.0. The Labute approximate surface area is 448 Å². The highest BCUT2D eigenvalue weighted by atomic mass is 35.5. The van der Waals surface area contributed by atoms with E-state index in [0.717, 1.165) is 58.0 Å². The molecule has 0 amide bonds. The molecular formula is C48H83Cl3N12O8S2. The van der Waals surface area contributed by atoms with Gasteiger partial charge in [-0.15, -0.1) is 0 Å². The van der Waals surface area contributed by atoms with Gasteiger partial charge in [0.2, 0.25) is 30.6 Å². The maximum absolute atomic E-state index is 11.1. The van der Waals surface area contributed by atoms with Crippen molar-refractivity contribution in [2.45, 2.75) is 193 Å². The SMILES string of the molecule is COC(=O)CCCCCCCCCCCCCCCn1cnc2c(Cl)nc(Cl)nc21.COC(=O)CCCCCCCCCCCCCCCn1cnc2c(NCCS(N)(=O)=O)nc(Cl)nc21.NCCS(N)(=O)=O. The van der Waals surface area contributed by atoms with E-state index in [0.29, 0.717) is 46.1 Å². The molecule has 0 bridgehead atoms. The molecule has 0 aromatic carbocycles. The third kappa shape index (κ3) is 31.9. The van der Waals surface area contributed by atoms with Gasteiger partial charge in [-0.05, 0) is 48.9 Å². The van der Waals surface area contributed by atoms with Gasteiger partial charge in [0, 0.05) is 39.0 Å². The number of primary sulfonamides is 2. The van der Waals surface area contributed by atoms with E-state index in [1.54, 1.807) is 12.7 Å². The summed E-state index contributed by atoms with van der Waals surface area (Å²) in [4.78, 5) is 47.3. The van der Waals surface area contributed by atoms with Crippen molar-refractivity contribution >= 4 is 94.9 Å². The monoisotopic (exact) mass is 1120 g/mol. The third-order valence-electron chi connectivity index (χ3n) is 11.9. The number of carbonyl (C=O) groups excluding carboxylic acids is 2. The molecule has 0 radical (unpaired) electrons. The Bertz CT molecular complexity index is 2380. The minimum Gasteiger partial charge on any atom is -0.469 e. The topological polar surface area (TPSA) is 298 Å². The average Bonchev–Trinajstić information content (AvgIpc) is 3.94. The van der Waals surface area contributed by atoms with Crippen LogP contribution in [0.25, 0.3) is 22.3 Å². The highest BCUT2D eigenvalue weighted by Crippen LogP contribution is 2.23. The van der Waals surface area contributed by atoms with Crippen molar-refractivity contribution in [1.29, 1.82) is 0 Å². The lowest BCUT2D eigenvalue weighted by Gasteiger charge is -2.07. The van der Waals surface area contributed by atoms with Crippen LogP contribution in [0.3, 0.4) is 0 Å². The number of nitrogens with one attached hydrogen (secondary N) is 1. The third-order valence-corrected chi connectivity index (χ3v) is 14.1. The molecule has 4 aromatic heterocycles. The van der Waals surface area contributed by atoms with Gasteiger partial charge in [-0.3, -0.25) is 9.59 Å². The summed E-state index contributed by atoms with van der Waals surface area (Å²) in [7, 11) is -3.97. The van der Waals surface area contributed by atoms with Gasteiger partial charge in [-0.1, -0.05) is 153 Å². The number of rotatable bonds is 38. The summed E-state index contributed by atoms with van der Waals surface area (Å²) in [6.45, 7) is 1.88. The van der Waals surface area contributed by atoms with Crippen LogP contribution in [-0.4, -0.2) is 107 Å². The van der Waals surface area contributed by atoms with Crippen molar-refractivity contribution in [3.63, 3.8) is 0 Å². The fourth-order valence-corrected chi connectivity index (χ4v) is 9.23.